The molecule has 0 spiro atoms. The van der Waals surface area contributed by atoms with Crippen LogP contribution in [0.5, 0.6) is 17.2 Å². The van der Waals surface area contributed by atoms with Gasteiger partial charge in [-0.1, -0.05) is 18.2 Å². The Morgan fingerprint density at radius 1 is 1.12 bits per heavy atom. The van der Waals surface area contributed by atoms with Gasteiger partial charge in [-0.3, -0.25) is 4.79 Å². The molecular weight excluding hydrogens is 436 g/mol. The number of sulfonamides is 1. The zero-order valence-corrected chi connectivity index (χ0v) is 18.3. The number of aliphatic hydroxyl groups excluding tert-OH is 1. The second-order valence-corrected chi connectivity index (χ2v) is 9.65. The van der Waals surface area contributed by atoms with E-state index in [1.807, 2.05) is 0 Å². The minimum absolute atomic E-state index is 0.00763. The molecule has 0 aliphatic carbocycles. The number of benzene rings is 2. The Labute approximate surface area is 186 Å². The van der Waals surface area contributed by atoms with Crippen molar-refractivity contribution in [3.8, 4) is 17.2 Å². The fraction of sp³-hybridized carbons (Fsp3) is 0.409. The van der Waals surface area contributed by atoms with Crippen molar-refractivity contribution >= 4 is 15.9 Å². The Bertz CT molecular complexity index is 1040. The summed E-state index contributed by atoms with van der Waals surface area (Å²) in [4.78, 5) is 12.7. The average molecular weight is 463 g/mol. The predicted molar refractivity (Wildman–Crippen MR) is 115 cm³/mol. The van der Waals surface area contributed by atoms with E-state index in [0.29, 0.717) is 30.1 Å². The number of piperidine rings is 1. The number of carbonyl (C=O) groups excluding carboxylic acids is 1. The average Bonchev–Trinajstić information content (AvgIpc) is 3.30. The Morgan fingerprint density at radius 2 is 1.84 bits per heavy atom. The first-order valence-electron chi connectivity index (χ1n) is 10.5. The molecule has 1 fully saturated rings. The molecule has 2 heterocycles. The number of fused-ring (bicyclic) bond motifs is 1. The molecule has 2 aromatic carbocycles. The summed E-state index contributed by atoms with van der Waals surface area (Å²) >= 11 is 0. The lowest BCUT2D eigenvalue weighted by atomic mass is 9.97. The van der Waals surface area contributed by atoms with Crippen molar-refractivity contribution < 1.29 is 32.5 Å². The summed E-state index contributed by atoms with van der Waals surface area (Å²) in [7, 11) is -3.55. The first-order chi connectivity index (χ1) is 15.4. The van der Waals surface area contributed by atoms with Gasteiger partial charge in [0.05, 0.1) is 4.90 Å². The molecule has 172 valence electrons. The van der Waals surface area contributed by atoms with Crippen LogP contribution in [0.4, 0.5) is 0 Å². The van der Waals surface area contributed by atoms with Gasteiger partial charge in [-0.2, -0.15) is 4.31 Å². The summed E-state index contributed by atoms with van der Waals surface area (Å²) in [6.45, 7) is 0.792. The third-order valence-corrected chi connectivity index (χ3v) is 7.42. The summed E-state index contributed by atoms with van der Waals surface area (Å²) in [5.41, 5.74) is 0. The van der Waals surface area contributed by atoms with Gasteiger partial charge in [0.1, 0.15) is 18.5 Å². The summed E-state index contributed by atoms with van der Waals surface area (Å²) in [6.07, 6.45) is -0.0217. The van der Waals surface area contributed by atoms with E-state index in [9.17, 15) is 18.3 Å². The van der Waals surface area contributed by atoms with Crippen LogP contribution < -0.4 is 19.5 Å². The summed E-state index contributed by atoms with van der Waals surface area (Å²) in [5, 5.41) is 12.9. The molecule has 9 nitrogen and oxygen atoms in total. The zero-order valence-electron chi connectivity index (χ0n) is 17.5. The fourth-order valence-electron chi connectivity index (χ4n) is 3.68. The number of hydrogen-bond acceptors (Lipinski definition) is 7. The monoisotopic (exact) mass is 462 g/mol. The molecule has 0 radical (unpaired) electrons. The maximum Gasteiger partial charge on any atom is 0.243 e. The highest BCUT2D eigenvalue weighted by molar-refractivity contribution is 7.89. The smallest absolute Gasteiger partial charge is 0.243 e. The Morgan fingerprint density at radius 3 is 2.59 bits per heavy atom. The lowest BCUT2D eigenvalue weighted by Gasteiger charge is -2.30. The summed E-state index contributed by atoms with van der Waals surface area (Å²) in [5.74, 6) is 1.29. The van der Waals surface area contributed by atoms with Gasteiger partial charge in [-0.15, -0.1) is 0 Å². The molecule has 10 heteroatoms. The number of carbonyl (C=O) groups is 1. The van der Waals surface area contributed by atoms with E-state index in [-0.39, 0.29) is 49.8 Å². The van der Waals surface area contributed by atoms with Crippen LogP contribution in [0.2, 0.25) is 0 Å². The van der Waals surface area contributed by atoms with Crippen LogP contribution in [0.3, 0.4) is 0 Å². The van der Waals surface area contributed by atoms with Crippen molar-refractivity contribution in [2.75, 3.05) is 33.0 Å². The van der Waals surface area contributed by atoms with E-state index in [0.717, 1.165) is 0 Å². The van der Waals surface area contributed by atoms with Crippen molar-refractivity contribution in [2.24, 2.45) is 5.92 Å². The van der Waals surface area contributed by atoms with Crippen LogP contribution in [-0.4, -0.2) is 62.9 Å². The van der Waals surface area contributed by atoms with Gasteiger partial charge in [0.2, 0.25) is 22.7 Å². The van der Waals surface area contributed by atoms with Crippen molar-refractivity contribution in [1.29, 1.82) is 0 Å². The first kappa shape index (κ1) is 22.4. The lowest BCUT2D eigenvalue weighted by molar-refractivity contribution is -0.126. The van der Waals surface area contributed by atoms with E-state index >= 15 is 0 Å². The maximum absolute atomic E-state index is 12.7. The van der Waals surface area contributed by atoms with Crippen LogP contribution >= 0.6 is 0 Å². The minimum atomic E-state index is -3.55. The van der Waals surface area contributed by atoms with E-state index < -0.39 is 16.1 Å². The molecule has 1 saturated heterocycles. The van der Waals surface area contributed by atoms with Gasteiger partial charge < -0.3 is 24.6 Å². The van der Waals surface area contributed by atoms with Crippen LogP contribution in [0, 0.1) is 5.92 Å². The topological polar surface area (TPSA) is 114 Å². The van der Waals surface area contributed by atoms with E-state index in [1.165, 1.54) is 4.31 Å². The number of ether oxygens (including phenoxy) is 3. The molecule has 2 aromatic rings. The van der Waals surface area contributed by atoms with Gasteiger partial charge in [0.25, 0.3) is 0 Å². The standard InChI is InChI=1S/C22H26N2O7S/c25-17(14-29-18-6-7-20-21(12-18)31-15-30-20)13-23-22(26)16-8-10-24(11-9-16)32(27,28)19-4-2-1-3-5-19/h1-7,12,16-17,25H,8-11,13-15H2,(H,23,26). The normalized spacial score (nSPS) is 17.7. The lowest BCUT2D eigenvalue weighted by Crippen LogP contribution is -2.44. The van der Waals surface area contributed by atoms with Crippen LogP contribution in [-0.2, 0) is 14.8 Å². The highest BCUT2D eigenvalue weighted by Gasteiger charge is 2.32. The van der Waals surface area contributed by atoms with Crippen LogP contribution in [0.25, 0.3) is 0 Å². The largest absolute Gasteiger partial charge is 0.491 e. The van der Waals surface area contributed by atoms with E-state index in [2.05, 4.69) is 5.32 Å². The third kappa shape index (κ3) is 5.14. The third-order valence-electron chi connectivity index (χ3n) is 5.50. The van der Waals surface area contributed by atoms with Crippen LogP contribution in [0.1, 0.15) is 12.8 Å². The molecule has 1 unspecified atom stereocenters. The number of nitrogens with zero attached hydrogens (tertiary/aromatic N) is 1. The predicted octanol–water partition coefficient (Wildman–Crippen LogP) is 1.37. The van der Waals surface area contributed by atoms with Gasteiger partial charge in [0.15, 0.2) is 11.5 Å². The Balaban J connectivity index is 1.19. The Hall–Kier alpha value is -2.82. The molecule has 32 heavy (non-hydrogen) atoms. The molecule has 1 atom stereocenters. The molecule has 2 aliphatic heterocycles. The number of nitrogens with one attached hydrogen (secondary N) is 1. The summed E-state index contributed by atoms with van der Waals surface area (Å²) in [6, 6.07) is 13.4. The highest BCUT2D eigenvalue weighted by Crippen LogP contribution is 2.35. The zero-order chi connectivity index (χ0) is 22.6. The van der Waals surface area contributed by atoms with Gasteiger partial charge in [-0.25, -0.2) is 8.42 Å². The molecule has 2 aliphatic rings. The summed E-state index contributed by atoms with van der Waals surface area (Å²) < 4.78 is 42.9. The number of hydrogen-bond donors (Lipinski definition) is 2. The molecule has 0 aromatic heterocycles. The Kier molecular flexibility index (Phi) is 6.83. The fourth-order valence-corrected chi connectivity index (χ4v) is 5.17. The van der Waals surface area contributed by atoms with Crippen molar-refractivity contribution in [3.05, 3.63) is 48.5 Å². The van der Waals surface area contributed by atoms with Crippen molar-refractivity contribution in [1.82, 2.24) is 9.62 Å². The number of rotatable bonds is 8. The molecule has 4 rings (SSSR count). The molecular formula is C22H26N2O7S. The maximum atomic E-state index is 12.7. The molecule has 2 N–H and O–H groups in total. The SMILES string of the molecule is O=C(NCC(O)COc1ccc2c(c1)OCO2)C1CCN(S(=O)(=O)c2ccccc2)CC1. The quantitative estimate of drug-likeness (QED) is 0.609. The van der Waals surface area contributed by atoms with Gasteiger partial charge >= 0.3 is 0 Å². The number of aliphatic hydroxyl groups is 1. The highest BCUT2D eigenvalue weighted by atomic mass is 32.2. The van der Waals surface area contributed by atoms with Gasteiger partial charge in [-0.05, 0) is 37.1 Å². The first-order valence-corrected chi connectivity index (χ1v) is 11.9. The number of amides is 1. The second-order valence-electron chi connectivity index (χ2n) is 7.72. The van der Waals surface area contributed by atoms with E-state index in [1.54, 1.807) is 48.5 Å². The minimum Gasteiger partial charge on any atom is -0.491 e. The molecule has 1 amide bonds. The van der Waals surface area contributed by atoms with Crippen molar-refractivity contribution in [3.63, 3.8) is 0 Å². The van der Waals surface area contributed by atoms with Gasteiger partial charge in [0, 0.05) is 31.6 Å². The second kappa shape index (κ2) is 9.76. The van der Waals surface area contributed by atoms with Crippen molar-refractivity contribution in [2.45, 2.75) is 23.8 Å². The molecule has 0 saturated carbocycles. The van der Waals surface area contributed by atoms with E-state index in [4.69, 9.17) is 14.2 Å². The van der Waals surface area contributed by atoms with Crippen LogP contribution in [0.15, 0.2) is 53.4 Å². The molecule has 0 bridgehead atoms.